The lowest BCUT2D eigenvalue weighted by atomic mass is 9.67. The number of carbonyl (C=O) groups excluding carboxylic acids is 2. The van der Waals surface area contributed by atoms with Crippen molar-refractivity contribution in [3.05, 3.63) is 65.4 Å². The highest BCUT2D eigenvalue weighted by Gasteiger charge is 2.63. The van der Waals surface area contributed by atoms with E-state index in [1.807, 2.05) is 0 Å². The largest absolute Gasteiger partial charge is 0.394 e. The molecule has 1 aromatic heterocycles. The molecule has 8 rings (SSSR count). The van der Waals surface area contributed by atoms with Crippen LogP contribution in [0.5, 0.6) is 0 Å². The molecule has 0 saturated carbocycles. The van der Waals surface area contributed by atoms with Crippen LogP contribution < -0.4 is 10.2 Å². The minimum Gasteiger partial charge on any atom is -0.394 e. The number of fused-ring (bicyclic) bond motifs is 10. The van der Waals surface area contributed by atoms with Crippen LogP contribution in [0.25, 0.3) is 10.9 Å². The number of hydrogen-bond donors (Lipinski definition) is 9. The zero-order valence-electron chi connectivity index (χ0n) is 24.7. The lowest BCUT2D eigenvalue weighted by Gasteiger charge is -2.49. The fraction of sp³-hybridized carbons (Fsp3) is 0.500. The molecule has 2 amide bonds. The van der Waals surface area contributed by atoms with Crippen molar-refractivity contribution in [2.45, 2.75) is 79.2 Å². The Morgan fingerprint density at radius 1 is 0.681 bits per heavy atom. The van der Waals surface area contributed by atoms with Gasteiger partial charge >= 0.3 is 0 Å². The second kappa shape index (κ2) is 11.0. The first kappa shape index (κ1) is 30.8. The van der Waals surface area contributed by atoms with Gasteiger partial charge in [-0.2, -0.15) is 0 Å². The molecule has 0 spiro atoms. The van der Waals surface area contributed by atoms with Crippen LogP contribution in [0.3, 0.4) is 0 Å². The fourth-order valence-corrected chi connectivity index (χ4v) is 8.58. The Morgan fingerprint density at radius 3 is 1.96 bits per heavy atom. The predicted octanol–water partition coefficient (Wildman–Crippen LogP) is -2.57. The number of para-hydroxylation sites is 2. The van der Waals surface area contributed by atoms with Gasteiger partial charge in [-0.1, -0.05) is 36.4 Å². The zero-order chi connectivity index (χ0) is 33.0. The second-order valence-electron chi connectivity index (χ2n) is 12.9. The Kier molecular flexibility index (Phi) is 7.23. The summed E-state index contributed by atoms with van der Waals surface area (Å²) in [5.41, 5.74) is 2.40. The Labute approximate surface area is 266 Å². The number of nitrogens with one attached hydrogen (secondary N) is 1. The van der Waals surface area contributed by atoms with Gasteiger partial charge in [-0.15, -0.1) is 0 Å². The van der Waals surface area contributed by atoms with Crippen molar-refractivity contribution in [3.63, 3.8) is 0 Å². The number of carbonyl (C=O) groups is 2. The highest BCUT2D eigenvalue weighted by atomic mass is 16.6. The first-order chi connectivity index (χ1) is 22.6. The number of anilines is 1. The summed E-state index contributed by atoms with van der Waals surface area (Å²) in [6.07, 6.45) is -15.4. The number of amides is 2. The highest BCUT2D eigenvalue weighted by molar-refractivity contribution is 6.11. The third-order valence-corrected chi connectivity index (χ3v) is 10.6. The van der Waals surface area contributed by atoms with Crippen molar-refractivity contribution in [2.75, 3.05) is 18.1 Å². The number of benzene rings is 2. The maximum absolute atomic E-state index is 13.7. The molecular weight excluding hydrogens is 618 g/mol. The van der Waals surface area contributed by atoms with E-state index in [1.54, 1.807) is 58.0 Å². The SMILES string of the molecule is O=C1NC(=O)[C@H]2c3c(n([C@@H]4O[C@H](CO)[C@@H](O)[C@H](O)[C@H]4O)c4ccccc34)[C@@H]3[C@@H](c4ccccc4N3[C@@H]3O[C@H](CO)[C@@H](O)[C@H](O)[C@H]3O)[C@@H]12. The van der Waals surface area contributed by atoms with E-state index in [-0.39, 0.29) is 0 Å². The molecule has 9 N–H and O–H groups in total. The Morgan fingerprint density at radius 2 is 1.28 bits per heavy atom. The maximum Gasteiger partial charge on any atom is 0.235 e. The molecule has 0 unspecified atom stereocenters. The molecule has 250 valence electrons. The smallest absolute Gasteiger partial charge is 0.235 e. The van der Waals surface area contributed by atoms with E-state index in [4.69, 9.17) is 9.47 Å². The van der Waals surface area contributed by atoms with Gasteiger partial charge < -0.3 is 59.8 Å². The predicted molar refractivity (Wildman–Crippen MR) is 159 cm³/mol. The normalized spacial score (nSPS) is 41.0. The summed E-state index contributed by atoms with van der Waals surface area (Å²) in [5.74, 6) is -3.70. The minimum atomic E-state index is -1.73. The standard InChI is InChI=1S/C32H35N3O12/c36-9-15-23(38)25(40)27(42)31(46-15)34-13-7-3-1-5-11(13)17-19-20(30(45)33-29(19)44)18-12-6-2-4-8-14(12)35(22(18)21(17)34)32-28(43)26(41)24(39)16(10-37)47-32/h1-8,15-17,19-21,23-28,31-32,36-43H,9-10H2,(H,33,44,45)/t15-,16-,17+,19-,20+,21+,23-,24-,25+,26+,27-,28-,31-,32-/m1/s1. The summed E-state index contributed by atoms with van der Waals surface area (Å²) in [6.45, 7) is -1.36. The Balaban J connectivity index is 1.42. The van der Waals surface area contributed by atoms with Gasteiger partial charge in [0.1, 0.15) is 48.8 Å². The van der Waals surface area contributed by atoms with Crippen LogP contribution in [0.2, 0.25) is 0 Å². The topological polar surface area (TPSA) is 235 Å². The molecule has 15 nitrogen and oxygen atoms in total. The van der Waals surface area contributed by atoms with E-state index in [0.717, 1.165) is 0 Å². The summed E-state index contributed by atoms with van der Waals surface area (Å²) < 4.78 is 13.8. The van der Waals surface area contributed by atoms with Crippen LogP contribution >= 0.6 is 0 Å². The maximum atomic E-state index is 13.7. The van der Waals surface area contributed by atoms with E-state index in [1.165, 1.54) is 0 Å². The van der Waals surface area contributed by atoms with Crippen LogP contribution in [-0.4, -0.2) is 126 Å². The first-order valence-electron chi connectivity index (χ1n) is 15.6. The number of aromatic nitrogens is 1. The van der Waals surface area contributed by atoms with Crippen LogP contribution in [-0.2, 0) is 19.1 Å². The minimum absolute atomic E-state index is 0.375. The van der Waals surface area contributed by atoms with Gasteiger partial charge in [0.15, 0.2) is 12.5 Å². The molecule has 3 aromatic rings. The molecule has 3 saturated heterocycles. The zero-order valence-corrected chi connectivity index (χ0v) is 24.7. The molecule has 0 bridgehead atoms. The van der Waals surface area contributed by atoms with Crippen molar-refractivity contribution in [1.29, 1.82) is 0 Å². The first-order valence-corrected chi connectivity index (χ1v) is 15.6. The second-order valence-corrected chi connectivity index (χ2v) is 12.9. The summed E-state index contributed by atoms with van der Waals surface area (Å²) in [4.78, 5) is 29.0. The molecule has 4 aliphatic heterocycles. The van der Waals surface area contributed by atoms with Crippen LogP contribution in [0.1, 0.15) is 40.9 Å². The molecule has 5 heterocycles. The van der Waals surface area contributed by atoms with Gasteiger partial charge in [0, 0.05) is 22.7 Å². The number of aliphatic hydroxyl groups is 8. The van der Waals surface area contributed by atoms with E-state index in [9.17, 15) is 50.4 Å². The number of nitrogens with zero attached hydrogens (tertiary/aromatic N) is 2. The molecule has 14 atom stereocenters. The van der Waals surface area contributed by atoms with Crippen molar-refractivity contribution in [3.8, 4) is 0 Å². The van der Waals surface area contributed by atoms with Gasteiger partial charge in [0.2, 0.25) is 11.8 Å². The summed E-state index contributed by atoms with van der Waals surface area (Å²) in [7, 11) is 0. The highest BCUT2D eigenvalue weighted by Crippen LogP contribution is 2.63. The van der Waals surface area contributed by atoms with Crippen molar-refractivity contribution in [2.24, 2.45) is 5.92 Å². The van der Waals surface area contributed by atoms with Crippen LogP contribution in [0.4, 0.5) is 5.69 Å². The molecule has 1 aliphatic carbocycles. The van der Waals surface area contributed by atoms with E-state index in [2.05, 4.69) is 5.32 Å². The third-order valence-electron chi connectivity index (χ3n) is 10.6. The summed E-state index contributed by atoms with van der Waals surface area (Å²) in [6, 6.07) is 13.0. The summed E-state index contributed by atoms with van der Waals surface area (Å²) >= 11 is 0. The summed E-state index contributed by atoms with van der Waals surface area (Å²) in [5, 5.41) is 88.8. The van der Waals surface area contributed by atoms with Gasteiger partial charge in [-0.05, 0) is 23.3 Å². The average Bonchev–Trinajstić information content (AvgIpc) is 3.69. The van der Waals surface area contributed by atoms with Crippen LogP contribution in [0.15, 0.2) is 48.5 Å². The fourth-order valence-electron chi connectivity index (χ4n) is 8.58. The molecule has 15 heteroatoms. The van der Waals surface area contributed by atoms with Crippen molar-refractivity contribution < 1.29 is 59.9 Å². The molecule has 3 fully saturated rings. The van der Waals surface area contributed by atoms with E-state index >= 15 is 0 Å². The molecule has 0 radical (unpaired) electrons. The molecule has 5 aliphatic rings. The number of ether oxygens (including phenoxy) is 2. The van der Waals surface area contributed by atoms with Gasteiger partial charge in [-0.3, -0.25) is 14.9 Å². The number of imide groups is 1. The third kappa shape index (κ3) is 4.10. The molecule has 2 aromatic carbocycles. The van der Waals surface area contributed by atoms with E-state index in [0.29, 0.717) is 33.4 Å². The van der Waals surface area contributed by atoms with Crippen molar-refractivity contribution >= 4 is 28.4 Å². The Hall–Kier alpha value is -3.48. The monoisotopic (exact) mass is 653 g/mol. The quantitative estimate of drug-likeness (QED) is 0.132. The van der Waals surface area contributed by atoms with Gasteiger partial charge in [-0.25, -0.2) is 0 Å². The average molecular weight is 654 g/mol. The number of rotatable bonds is 4. The van der Waals surface area contributed by atoms with E-state index < -0.39 is 110 Å². The number of hydrogen-bond acceptors (Lipinski definition) is 13. The van der Waals surface area contributed by atoms with Crippen molar-refractivity contribution in [1.82, 2.24) is 9.88 Å². The Bertz CT molecular complexity index is 1750. The molecule has 47 heavy (non-hydrogen) atoms. The molecular formula is C32H35N3O12. The van der Waals surface area contributed by atoms with Gasteiger partial charge in [0.05, 0.1) is 36.6 Å². The van der Waals surface area contributed by atoms with Gasteiger partial charge in [0.25, 0.3) is 0 Å². The number of aliphatic hydroxyl groups excluding tert-OH is 8. The lowest BCUT2D eigenvalue weighted by Crippen LogP contribution is -2.64. The lowest BCUT2D eigenvalue weighted by molar-refractivity contribution is -0.251. The van der Waals surface area contributed by atoms with Crippen LogP contribution in [0, 0.1) is 5.92 Å².